The molecule has 2 amide bonds. The molecule has 4 rings (SSSR count). The van der Waals surface area contributed by atoms with Crippen molar-refractivity contribution >= 4 is 40.3 Å². The molecule has 3 heterocycles. The number of carboxylic acids is 1. The van der Waals surface area contributed by atoms with E-state index in [4.69, 9.17) is 4.42 Å². The molecule has 8 nitrogen and oxygen atoms in total. The van der Waals surface area contributed by atoms with Crippen LogP contribution in [-0.4, -0.2) is 45.0 Å². The van der Waals surface area contributed by atoms with Crippen LogP contribution < -0.4 is 10.9 Å². The topological polar surface area (TPSA) is 117 Å². The van der Waals surface area contributed by atoms with E-state index in [0.29, 0.717) is 22.1 Å². The molecule has 27 heavy (non-hydrogen) atoms. The molecule has 0 unspecified atom stereocenters. The monoisotopic (exact) mass is 386 g/mol. The first-order chi connectivity index (χ1) is 12.9. The number of benzene rings is 1. The molecule has 2 aliphatic heterocycles. The van der Waals surface area contributed by atoms with Gasteiger partial charge >= 0.3 is 11.6 Å². The lowest BCUT2D eigenvalue weighted by Crippen LogP contribution is -2.70. The highest BCUT2D eigenvalue weighted by Gasteiger charge is 2.53. The van der Waals surface area contributed by atoms with Crippen LogP contribution in [-0.2, 0) is 9.59 Å². The fourth-order valence-corrected chi connectivity index (χ4v) is 4.53. The van der Waals surface area contributed by atoms with Crippen molar-refractivity contribution in [1.29, 1.82) is 0 Å². The molecule has 2 aromatic rings. The van der Waals surface area contributed by atoms with Crippen molar-refractivity contribution in [3.05, 3.63) is 57.8 Å². The molecule has 2 N–H and O–H groups in total. The van der Waals surface area contributed by atoms with E-state index < -0.39 is 34.8 Å². The van der Waals surface area contributed by atoms with Gasteiger partial charge in [0.15, 0.2) is 5.76 Å². The predicted molar refractivity (Wildman–Crippen MR) is 97.2 cm³/mol. The number of nitrogens with one attached hydrogen (secondary N) is 1. The maximum Gasteiger partial charge on any atom is 0.352 e. The number of fused-ring (bicyclic) bond motifs is 2. The molecule has 2 aliphatic rings. The number of carbonyl (C=O) groups is 3. The van der Waals surface area contributed by atoms with Gasteiger partial charge in [-0.1, -0.05) is 18.2 Å². The van der Waals surface area contributed by atoms with Crippen molar-refractivity contribution in [1.82, 2.24) is 10.2 Å². The standard InChI is InChI=1S/C18H14N2O6S/c1-8-7-27-16-12(15(22)20(16)13(8)17(23)24)19-14(21)11-6-9-4-2-3-5-10(9)18(25)26-11/h2-6,12,16H,7H2,1H3,(H,19,21)(H,23,24)/t12-,16-/m1/s1. The Hall–Kier alpha value is -3.07. The molecule has 1 fully saturated rings. The average Bonchev–Trinajstić information content (AvgIpc) is 2.65. The van der Waals surface area contributed by atoms with Crippen LogP contribution in [0.15, 0.2) is 50.8 Å². The molecule has 1 aromatic carbocycles. The summed E-state index contributed by atoms with van der Waals surface area (Å²) in [5, 5.41) is 12.3. The molecule has 0 spiro atoms. The van der Waals surface area contributed by atoms with Gasteiger partial charge in [-0.3, -0.25) is 14.5 Å². The third kappa shape index (κ3) is 2.71. The van der Waals surface area contributed by atoms with Gasteiger partial charge in [0.25, 0.3) is 11.8 Å². The fraction of sp³-hybridized carbons (Fsp3) is 0.222. The van der Waals surface area contributed by atoms with Gasteiger partial charge in [0.1, 0.15) is 17.1 Å². The molecule has 1 aromatic heterocycles. The number of rotatable bonds is 3. The summed E-state index contributed by atoms with van der Waals surface area (Å²) in [6.45, 7) is 1.66. The second-order valence-corrected chi connectivity index (χ2v) is 7.39. The van der Waals surface area contributed by atoms with Gasteiger partial charge in [-0.05, 0) is 30.0 Å². The smallest absolute Gasteiger partial charge is 0.352 e. The van der Waals surface area contributed by atoms with Gasteiger partial charge < -0.3 is 14.8 Å². The molecule has 0 bridgehead atoms. The molecular weight excluding hydrogens is 372 g/mol. The van der Waals surface area contributed by atoms with E-state index in [1.807, 2.05) is 0 Å². The molecule has 2 atom stereocenters. The number of hydrogen-bond acceptors (Lipinski definition) is 6. The van der Waals surface area contributed by atoms with E-state index in [-0.39, 0.29) is 11.5 Å². The lowest BCUT2D eigenvalue weighted by Gasteiger charge is -2.49. The second-order valence-electron chi connectivity index (χ2n) is 6.28. The van der Waals surface area contributed by atoms with Gasteiger partial charge in [-0.15, -0.1) is 11.8 Å². The van der Waals surface area contributed by atoms with E-state index >= 15 is 0 Å². The first-order valence-electron chi connectivity index (χ1n) is 8.10. The van der Waals surface area contributed by atoms with Crippen molar-refractivity contribution < 1.29 is 23.9 Å². The first kappa shape index (κ1) is 17.3. The number of carbonyl (C=O) groups excluding carboxylic acids is 2. The Balaban J connectivity index is 1.58. The SMILES string of the molecule is CC1=C(C(=O)O)N2C(=O)[C@@H](NC(=O)c3cc4ccccc4c(=O)o3)[C@H]2SC1. The van der Waals surface area contributed by atoms with E-state index in [0.717, 1.165) is 0 Å². The van der Waals surface area contributed by atoms with Crippen LogP contribution in [0.3, 0.4) is 0 Å². The van der Waals surface area contributed by atoms with Crippen molar-refractivity contribution in [2.45, 2.75) is 18.3 Å². The number of nitrogens with zero attached hydrogens (tertiary/aromatic N) is 1. The Bertz CT molecular complexity index is 1090. The number of aliphatic carboxylic acids is 1. The summed E-state index contributed by atoms with van der Waals surface area (Å²) in [4.78, 5) is 49.5. The van der Waals surface area contributed by atoms with Crippen LogP contribution in [0.25, 0.3) is 10.8 Å². The van der Waals surface area contributed by atoms with Crippen LogP contribution >= 0.6 is 11.8 Å². The summed E-state index contributed by atoms with van der Waals surface area (Å²) < 4.78 is 5.07. The highest BCUT2D eigenvalue weighted by Crippen LogP contribution is 2.40. The van der Waals surface area contributed by atoms with E-state index in [2.05, 4.69) is 5.32 Å². The minimum absolute atomic E-state index is 0.0357. The fourth-order valence-electron chi connectivity index (χ4n) is 3.23. The average molecular weight is 386 g/mol. The molecule has 1 saturated heterocycles. The molecular formula is C18H14N2O6S. The molecule has 0 aliphatic carbocycles. The second kappa shape index (κ2) is 6.27. The van der Waals surface area contributed by atoms with Crippen LogP contribution in [0, 0.1) is 0 Å². The molecule has 0 radical (unpaired) electrons. The summed E-state index contributed by atoms with van der Waals surface area (Å²) in [5.74, 6) is -2.11. The Morgan fingerprint density at radius 3 is 2.78 bits per heavy atom. The quantitative estimate of drug-likeness (QED) is 0.760. The van der Waals surface area contributed by atoms with Gasteiger partial charge in [0.05, 0.1) is 5.39 Å². The lowest BCUT2D eigenvalue weighted by molar-refractivity contribution is -0.148. The van der Waals surface area contributed by atoms with E-state index in [1.54, 1.807) is 31.2 Å². The number of hydrogen-bond donors (Lipinski definition) is 2. The highest BCUT2D eigenvalue weighted by molar-refractivity contribution is 8.00. The molecule has 9 heteroatoms. The minimum Gasteiger partial charge on any atom is -0.477 e. The molecule has 138 valence electrons. The van der Waals surface area contributed by atoms with E-state index in [9.17, 15) is 24.3 Å². The lowest BCUT2D eigenvalue weighted by atomic mass is 10.0. The summed E-state index contributed by atoms with van der Waals surface area (Å²) >= 11 is 1.37. The highest BCUT2D eigenvalue weighted by atomic mass is 32.2. The summed E-state index contributed by atoms with van der Waals surface area (Å²) in [5.41, 5.74) is -0.0764. The van der Waals surface area contributed by atoms with Crippen LogP contribution in [0.4, 0.5) is 0 Å². The third-order valence-electron chi connectivity index (χ3n) is 4.54. The number of β-lactam (4-membered cyclic amide) rings is 1. The van der Waals surface area contributed by atoms with Crippen molar-refractivity contribution in [2.24, 2.45) is 0 Å². The Labute approximate surface area is 156 Å². The zero-order valence-corrected chi connectivity index (χ0v) is 14.9. The van der Waals surface area contributed by atoms with Crippen molar-refractivity contribution in [3.63, 3.8) is 0 Å². The molecule has 0 saturated carbocycles. The summed E-state index contributed by atoms with van der Waals surface area (Å²) in [6, 6.07) is 7.27. The Morgan fingerprint density at radius 2 is 2.04 bits per heavy atom. The van der Waals surface area contributed by atoms with Crippen LogP contribution in [0.2, 0.25) is 0 Å². The van der Waals surface area contributed by atoms with Gasteiger partial charge in [0.2, 0.25) is 0 Å². The Morgan fingerprint density at radius 1 is 1.30 bits per heavy atom. The minimum atomic E-state index is -1.17. The first-order valence-corrected chi connectivity index (χ1v) is 9.15. The zero-order valence-electron chi connectivity index (χ0n) is 14.1. The summed E-state index contributed by atoms with van der Waals surface area (Å²) in [6.07, 6.45) is 0. The van der Waals surface area contributed by atoms with Gasteiger partial charge in [-0.2, -0.15) is 0 Å². The van der Waals surface area contributed by atoms with Gasteiger partial charge in [0, 0.05) is 5.75 Å². The van der Waals surface area contributed by atoms with Crippen LogP contribution in [0.1, 0.15) is 17.5 Å². The van der Waals surface area contributed by atoms with E-state index in [1.165, 1.54) is 22.7 Å². The largest absolute Gasteiger partial charge is 0.477 e. The number of carboxylic acid groups (broad SMARTS) is 1. The van der Waals surface area contributed by atoms with Crippen molar-refractivity contribution in [3.8, 4) is 0 Å². The van der Waals surface area contributed by atoms with Crippen LogP contribution in [0.5, 0.6) is 0 Å². The predicted octanol–water partition coefficient (Wildman–Crippen LogP) is 1.17. The number of thioether (sulfide) groups is 1. The van der Waals surface area contributed by atoms with Gasteiger partial charge in [-0.25, -0.2) is 9.59 Å². The van der Waals surface area contributed by atoms with Crippen molar-refractivity contribution in [2.75, 3.05) is 5.75 Å². The maximum absolute atomic E-state index is 12.5. The normalized spacial score (nSPS) is 21.7. The summed E-state index contributed by atoms with van der Waals surface area (Å²) in [7, 11) is 0. The Kier molecular flexibility index (Phi) is 4.03. The maximum atomic E-state index is 12.5. The zero-order chi connectivity index (χ0) is 19.3. The third-order valence-corrected chi connectivity index (χ3v) is 5.97. The number of amides is 2.